The Morgan fingerprint density at radius 1 is 1.20 bits per heavy atom. The van der Waals surface area contributed by atoms with Crippen molar-refractivity contribution in [1.29, 1.82) is 0 Å². The lowest BCUT2D eigenvalue weighted by Gasteiger charge is -2.34. The van der Waals surface area contributed by atoms with Crippen molar-refractivity contribution < 1.29 is 13.2 Å². The second-order valence-corrected chi connectivity index (χ2v) is 9.06. The summed E-state index contributed by atoms with van der Waals surface area (Å²) in [6.07, 6.45) is 0.0941. The molecule has 1 atom stereocenters. The minimum absolute atomic E-state index is 0.0623. The van der Waals surface area contributed by atoms with Gasteiger partial charge in [-0.3, -0.25) is 4.79 Å². The molecule has 1 N–H and O–H groups in total. The molecular weight excluding hydrogens is 459 g/mol. The molecule has 1 aromatic carbocycles. The van der Waals surface area contributed by atoms with Crippen LogP contribution >= 0.6 is 0 Å². The summed E-state index contributed by atoms with van der Waals surface area (Å²) in [6, 6.07) is 9.67. The van der Waals surface area contributed by atoms with Crippen molar-refractivity contribution in [2.75, 3.05) is 38.1 Å². The monoisotopic (exact) mass is 485 g/mol. The van der Waals surface area contributed by atoms with Crippen molar-refractivity contribution in [1.82, 2.24) is 29.4 Å². The van der Waals surface area contributed by atoms with E-state index in [-0.39, 0.29) is 17.1 Å². The van der Waals surface area contributed by atoms with Crippen LogP contribution in [0.5, 0.6) is 0 Å². The number of rotatable bonds is 6. The summed E-state index contributed by atoms with van der Waals surface area (Å²) in [4.78, 5) is 32.3. The number of aromatic amines is 1. The van der Waals surface area contributed by atoms with Crippen LogP contribution in [0.25, 0.3) is 21.9 Å². The van der Waals surface area contributed by atoms with Gasteiger partial charge in [-0.25, -0.2) is 15.0 Å². The van der Waals surface area contributed by atoms with Crippen LogP contribution in [-0.2, 0) is 6.54 Å². The van der Waals surface area contributed by atoms with Crippen LogP contribution < -0.4 is 10.5 Å². The van der Waals surface area contributed by atoms with Gasteiger partial charge in [-0.2, -0.15) is 13.2 Å². The van der Waals surface area contributed by atoms with Crippen molar-refractivity contribution in [3.05, 3.63) is 59.0 Å². The third-order valence-corrected chi connectivity index (χ3v) is 6.56. The number of hydrogen-bond acceptors (Lipinski definition) is 6. The summed E-state index contributed by atoms with van der Waals surface area (Å²) >= 11 is 0. The van der Waals surface area contributed by atoms with Crippen molar-refractivity contribution in [2.45, 2.75) is 31.5 Å². The number of H-pyrrole nitrogens is 1. The zero-order valence-electron chi connectivity index (χ0n) is 19.3. The first-order valence-corrected chi connectivity index (χ1v) is 11.6. The van der Waals surface area contributed by atoms with Gasteiger partial charge in [0.1, 0.15) is 12.9 Å². The van der Waals surface area contributed by atoms with Crippen molar-refractivity contribution >= 4 is 27.8 Å². The van der Waals surface area contributed by atoms with E-state index in [1.165, 1.54) is 6.33 Å². The normalized spacial score (nSPS) is 17.3. The molecule has 1 aliphatic heterocycles. The van der Waals surface area contributed by atoms with Gasteiger partial charge in [-0.15, -0.1) is 0 Å². The molecule has 11 heteroatoms. The van der Waals surface area contributed by atoms with Gasteiger partial charge in [0.2, 0.25) is 0 Å². The van der Waals surface area contributed by atoms with Gasteiger partial charge in [0, 0.05) is 43.7 Å². The van der Waals surface area contributed by atoms with Gasteiger partial charge >= 0.3 is 6.18 Å². The first-order valence-electron chi connectivity index (χ1n) is 11.6. The molecule has 35 heavy (non-hydrogen) atoms. The maximum atomic E-state index is 12.9. The molecule has 1 aliphatic rings. The molecule has 4 aromatic rings. The Morgan fingerprint density at radius 2 is 2.03 bits per heavy atom. The molecule has 0 amide bonds. The maximum absolute atomic E-state index is 12.9. The van der Waals surface area contributed by atoms with Crippen LogP contribution in [0, 0.1) is 0 Å². The van der Waals surface area contributed by atoms with Crippen molar-refractivity contribution in [3.8, 4) is 0 Å². The molecule has 5 rings (SSSR count). The number of imidazole rings is 1. The van der Waals surface area contributed by atoms with E-state index < -0.39 is 12.7 Å². The highest BCUT2D eigenvalue weighted by Gasteiger charge is 2.29. The summed E-state index contributed by atoms with van der Waals surface area (Å²) in [5.41, 5.74) is 1.41. The molecule has 0 bridgehead atoms. The zero-order chi connectivity index (χ0) is 24.6. The fourth-order valence-corrected chi connectivity index (χ4v) is 4.82. The third kappa shape index (κ3) is 5.00. The number of alkyl halides is 3. The summed E-state index contributed by atoms with van der Waals surface area (Å²) in [5, 5.41) is 1.64. The lowest BCUT2D eigenvalue weighted by molar-refractivity contribution is -0.140. The Kier molecular flexibility index (Phi) is 6.18. The number of fused-ring (bicyclic) bond motifs is 2. The summed E-state index contributed by atoms with van der Waals surface area (Å²) in [5.74, 6) is 0.735. The van der Waals surface area contributed by atoms with E-state index in [4.69, 9.17) is 0 Å². The number of halogens is 3. The van der Waals surface area contributed by atoms with Crippen LogP contribution in [0.3, 0.4) is 0 Å². The van der Waals surface area contributed by atoms with Crippen LogP contribution in [-0.4, -0.2) is 68.8 Å². The molecule has 184 valence electrons. The topological polar surface area (TPSA) is 82.9 Å². The van der Waals surface area contributed by atoms with Crippen molar-refractivity contribution in [3.63, 3.8) is 0 Å². The first kappa shape index (κ1) is 23.3. The first-order chi connectivity index (χ1) is 16.8. The van der Waals surface area contributed by atoms with Gasteiger partial charge in [-0.05, 0) is 36.9 Å². The number of anilines is 1. The number of benzene rings is 1. The number of nitrogens with zero attached hydrogens (tertiary/aromatic N) is 6. The Balaban J connectivity index is 1.27. The number of nitrogens with one attached hydrogen (secondary N) is 1. The van der Waals surface area contributed by atoms with Crippen LogP contribution in [0.2, 0.25) is 0 Å². The molecule has 1 saturated heterocycles. The highest BCUT2D eigenvalue weighted by molar-refractivity contribution is 5.83. The lowest BCUT2D eigenvalue weighted by atomic mass is 9.93. The summed E-state index contributed by atoms with van der Waals surface area (Å²) in [6.45, 7) is 2.00. The molecule has 0 spiro atoms. The van der Waals surface area contributed by atoms with E-state index in [1.807, 2.05) is 36.2 Å². The Hall–Kier alpha value is -3.47. The van der Waals surface area contributed by atoms with E-state index in [0.717, 1.165) is 54.5 Å². The van der Waals surface area contributed by atoms with Gasteiger partial charge in [0.05, 0.1) is 6.33 Å². The van der Waals surface area contributed by atoms with E-state index >= 15 is 0 Å². The minimum atomic E-state index is -4.36. The van der Waals surface area contributed by atoms with Crippen LogP contribution in [0.4, 0.5) is 19.0 Å². The van der Waals surface area contributed by atoms with E-state index in [1.54, 1.807) is 0 Å². The molecule has 0 radical (unpaired) electrons. The van der Waals surface area contributed by atoms with E-state index in [9.17, 15) is 18.0 Å². The number of pyridine rings is 1. The smallest absolute Gasteiger partial charge is 0.356 e. The van der Waals surface area contributed by atoms with Crippen LogP contribution in [0.1, 0.15) is 24.5 Å². The third-order valence-electron chi connectivity index (χ3n) is 6.56. The van der Waals surface area contributed by atoms with Gasteiger partial charge in [-0.1, -0.05) is 18.2 Å². The highest BCUT2D eigenvalue weighted by atomic mass is 19.4. The fraction of sp³-hybridized carbons (Fsp3) is 0.417. The Labute approximate surface area is 199 Å². The number of piperidine rings is 1. The second kappa shape index (κ2) is 9.29. The number of aromatic nitrogens is 5. The summed E-state index contributed by atoms with van der Waals surface area (Å²) in [7, 11) is 1.85. The van der Waals surface area contributed by atoms with Gasteiger partial charge in [0.15, 0.2) is 17.0 Å². The lowest BCUT2D eigenvalue weighted by Crippen LogP contribution is -2.40. The average molecular weight is 486 g/mol. The largest absolute Gasteiger partial charge is 0.406 e. The molecule has 4 heterocycles. The predicted octanol–water partition coefficient (Wildman–Crippen LogP) is 3.55. The number of likely N-dealkylation sites (N-methyl/N-ethyl adjacent to an activating group) is 1. The van der Waals surface area contributed by atoms with E-state index in [2.05, 4.69) is 30.9 Å². The zero-order valence-corrected chi connectivity index (χ0v) is 19.3. The van der Waals surface area contributed by atoms with Crippen LogP contribution in [0.15, 0.2) is 47.8 Å². The standard InChI is InChI=1S/C24H26F3N7O/c1-32(21-20-22(29-14-28-21)34(15-30-20)13-24(25,26)27)9-10-33-8-4-6-17(12-33)19-11-16-5-2-3-7-18(16)23(35)31-19/h2-3,5,7,11,14-15,17H,4,6,8-10,12-13H2,1H3,(H,31,35). The molecule has 1 fully saturated rings. The molecule has 1 unspecified atom stereocenters. The summed E-state index contributed by atoms with van der Waals surface area (Å²) < 4.78 is 39.6. The molecule has 3 aromatic heterocycles. The quantitative estimate of drug-likeness (QED) is 0.450. The van der Waals surface area contributed by atoms with Crippen molar-refractivity contribution in [2.24, 2.45) is 0 Å². The Morgan fingerprint density at radius 3 is 2.86 bits per heavy atom. The van der Waals surface area contributed by atoms with Gasteiger partial charge < -0.3 is 19.4 Å². The maximum Gasteiger partial charge on any atom is 0.406 e. The minimum Gasteiger partial charge on any atom is -0.356 e. The van der Waals surface area contributed by atoms with Gasteiger partial charge in [0.25, 0.3) is 5.56 Å². The second-order valence-electron chi connectivity index (χ2n) is 9.06. The van der Waals surface area contributed by atoms with E-state index in [0.29, 0.717) is 23.3 Å². The fourth-order valence-electron chi connectivity index (χ4n) is 4.82. The molecule has 8 nitrogen and oxygen atoms in total. The number of hydrogen-bond donors (Lipinski definition) is 1. The number of likely N-dealkylation sites (tertiary alicyclic amines) is 1. The highest BCUT2D eigenvalue weighted by Crippen LogP contribution is 2.27. The molecule has 0 saturated carbocycles. The molecule has 0 aliphatic carbocycles. The predicted molar refractivity (Wildman–Crippen MR) is 128 cm³/mol. The average Bonchev–Trinajstić information content (AvgIpc) is 3.24. The SMILES string of the molecule is CN(CCN1CCCC(c2cc3ccccc3c(=O)[nH]2)C1)c1ncnc2c1ncn2CC(F)(F)F. The Bertz CT molecular complexity index is 1400. The molecular formula is C24H26F3N7O.